The molecule has 0 amide bonds. The first-order chi connectivity index (χ1) is 4.22. The van der Waals surface area contributed by atoms with E-state index in [2.05, 4.69) is 0 Å². The molecular formula is C5H7N3O. The highest BCUT2D eigenvalue weighted by atomic mass is 16.5. The van der Waals surface area contributed by atoms with Crippen molar-refractivity contribution in [1.82, 2.24) is 4.73 Å². The molecule has 0 aliphatic heterocycles. The number of nitrogens with two attached hydrogens (primary N) is 1. The lowest BCUT2D eigenvalue weighted by atomic mass is 10.4. The zero-order valence-corrected chi connectivity index (χ0v) is 4.70. The van der Waals surface area contributed by atoms with Gasteiger partial charge in [-0.3, -0.25) is 5.41 Å². The van der Waals surface area contributed by atoms with Gasteiger partial charge in [0.2, 0.25) is 0 Å². The highest BCUT2D eigenvalue weighted by molar-refractivity contribution is 5.93. The summed E-state index contributed by atoms with van der Waals surface area (Å²) in [4.78, 5) is 0. The maximum Gasteiger partial charge on any atom is 0.143 e. The van der Waals surface area contributed by atoms with Gasteiger partial charge in [0, 0.05) is 6.20 Å². The monoisotopic (exact) mass is 125 g/mol. The lowest BCUT2D eigenvalue weighted by Crippen LogP contribution is -2.15. The Morgan fingerprint density at radius 1 is 1.78 bits per heavy atom. The molecule has 0 bridgehead atoms. The molecule has 9 heavy (non-hydrogen) atoms. The summed E-state index contributed by atoms with van der Waals surface area (Å²) in [5.74, 6) is -0.137. The highest BCUT2D eigenvalue weighted by Gasteiger charge is 1.99. The summed E-state index contributed by atoms with van der Waals surface area (Å²) in [6.45, 7) is 0. The summed E-state index contributed by atoms with van der Waals surface area (Å²) < 4.78 is 0.808. The van der Waals surface area contributed by atoms with E-state index in [9.17, 15) is 0 Å². The molecule has 4 nitrogen and oxygen atoms in total. The minimum atomic E-state index is -0.137. The molecule has 0 aliphatic rings. The van der Waals surface area contributed by atoms with E-state index in [4.69, 9.17) is 16.4 Å². The first kappa shape index (κ1) is 5.68. The molecule has 1 rings (SSSR count). The first-order valence-corrected chi connectivity index (χ1v) is 2.43. The van der Waals surface area contributed by atoms with Crippen LogP contribution in [0.3, 0.4) is 0 Å². The molecule has 0 unspecified atom stereocenters. The molecule has 4 N–H and O–H groups in total. The minimum Gasteiger partial charge on any atom is -0.428 e. The van der Waals surface area contributed by atoms with Crippen molar-refractivity contribution < 1.29 is 5.21 Å². The number of aromatic nitrogens is 1. The van der Waals surface area contributed by atoms with E-state index in [-0.39, 0.29) is 5.84 Å². The van der Waals surface area contributed by atoms with E-state index >= 15 is 0 Å². The Morgan fingerprint density at radius 2 is 2.44 bits per heavy atom. The standard InChI is InChI=1S/C5H7N3O/c6-5(7)4-2-1-3-8(4)9/h1-3,9H,(H3,6,7). The van der Waals surface area contributed by atoms with Crippen molar-refractivity contribution in [2.45, 2.75) is 0 Å². The van der Waals surface area contributed by atoms with Crippen LogP contribution < -0.4 is 5.73 Å². The summed E-state index contributed by atoms with van der Waals surface area (Å²) in [6, 6.07) is 3.17. The summed E-state index contributed by atoms with van der Waals surface area (Å²) in [7, 11) is 0. The van der Waals surface area contributed by atoms with Crippen molar-refractivity contribution in [2.75, 3.05) is 0 Å². The molecule has 0 radical (unpaired) electrons. The predicted molar refractivity (Wildman–Crippen MR) is 32.6 cm³/mol. The van der Waals surface area contributed by atoms with Crippen LogP contribution in [0.2, 0.25) is 0 Å². The Morgan fingerprint density at radius 3 is 2.67 bits per heavy atom. The average Bonchev–Trinajstić information content (AvgIpc) is 2.13. The summed E-state index contributed by atoms with van der Waals surface area (Å²) >= 11 is 0. The fourth-order valence-corrected chi connectivity index (χ4v) is 0.586. The molecule has 0 aromatic carbocycles. The van der Waals surface area contributed by atoms with Crippen LogP contribution in [0, 0.1) is 5.41 Å². The molecule has 0 atom stereocenters. The van der Waals surface area contributed by atoms with Crippen LogP contribution in [-0.2, 0) is 0 Å². The largest absolute Gasteiger partial charge is 0.428 e. The number of amidine groups is 1. The molecule has 0 aliphatic carbocycles. The Bertz CT molecular complexity index is 228. The number of rotatable bonds is 1. The fourth-order valence-electron chi connectivity index (χ4n) is 0.586. The first-order valence-electron chi connectivity index (χ1n) is 2.43. The van der Waals surface area contributed by atoms with Gasteiger partial charge in [0.25, 0.3) is 0 Å². The van der Waals surface area contributed by atoms with Gasteiger partial charge in [-0.1, -0.05) is 0 Å². The maximum atomic E-state index is 8.82. The number of hydrogen-bond donors (Lipinski definition) is 3. The molecule has 1 heterocycles. The van der Waals surface area contributed by atoms with E-state index < -0.39 is 0 Å². The number of nitrogens with one attached hydrogen (secondary N) is 1. The molecule has 1 aromatic rings. The fraction of sp³-hybridized carbons (Fsp3) is 0. The summed E-state index contributed by atoms with van der Waals surface area (Å²) in [5, 5.41) is 15.7. The van der Waals surface area contributed by atoms with Gasteiger partial charge in [-0.25, -0.2) is 0 Å². The van der Waals surface area contributed by atoms with E-state index in [0.717, 1.165) is 4.73 Å². The zero-order valence-electron chi connectivity index (χ0n) is 4.70. The van der Waals surface area contributed by atoms with Crippen molar-refractivity contribution in [3.05, 3.63) is 24.0 Å². The van der Waals surface area contributed by atoms with Crippen molar-refractivity contribution >= 4 is 5.84 Å². The average molecular weight is 125 g/mol. The van der Waals surface area contributed by atoms with E-state index in [1.165, 1.54) is 6.20 Å². The molecular weight excluding hydrogens is 118 g/mol. The SMILES string of the molecule is N=C(N)c1cccn1O. The second-order valence-electron chi connectivity index (χ2n) is 1.65. The van der Waals surface area contributed by atoms with Gasteiger partial charge in [0.05, 0.1) is 0 Å². The molecule has 0 saturated heterocycles. The van der Waals surface area contributed by atoms with Crippen molar-refractivity contribution in [3.8, 4) is 0 Å². The van der Waals surface area contributed by atoms with Crippen LogP contribution in [0.1, 0.15) is 5.69 Å². The lowest BCUT2D eigenvalue weighted by Gasteiger charge is -1.95. The van der Waals surface area contributed by atoms with E-state index in [1.807, 2.05) is 0 Å². The number of nitrogens with zero attached hydrogens (tertiary/aromatic N) is 1. The summed E-state index contributed by atoms with van der Waals surface area (Å²) in [6.07, 6.45) is 1.41. The summed E-state index contributed by atoms with van der Waals surface area (Å²) in [5.41, 5.74) is 5.38. The lowest BCUT2D eigenvalue weighted by molar-refractivity contribution is 0.185. The Balaban J connectivity index is 3.08. The molecule has 1 aromatic heterocycles. The van der Waals surface area contributed by atoms with Crippen LogP contribution in [0.5, 0.6) is 0 Å². The van der Waals surface area contributed by atoms with Crippen molar-refractivity contribution in [2.24, 2.45) is 5.73 Å². The van der Waals surface area contributed by atoms with Crippen molar-refractivity contribution in [1.29, 1.82) is 5.41 Å². The third-order valence-electron chi connectivity index (χ3n) is 1.00. The van der Waals surface area contributed by atoms with Gasteiger partial charge < -0.3 is 10.9 Å². The second kappa shape index (κ2) is 1.81. The van der Waals surface area contributed by atoms with Gasteiger partial charge in [0.1, 0.15) is 11.5 Å². The third kappa shape index (κ3) is 0.861. The van der Waals surface area contributed by atoms with Crippen molar-refractivity contribution in [3.63, 3.8) is 0 Å². The molecule has 0 saturated carbocycles. The van der Waals surface area contributed by atoms with Crippen LogP contribution >= 0.6 is 0 Å². The Kier molecular flexibility index (Phi) is 1.14. The van der Waals surface area contributed by atoms with Crippen LogP contribution in [0.15, 0.2) is 18.3 Å². The van der Waals surface area contributed by atoms with E-state index in [1.54, 1.807) is 12.1 Å². The van der Waals surface area contributed by atoms with Crippen LogP contribution in [0.4, 0.5) is 0 Å². The third-order valence-corrected chi connectivity index (χ3v) is 1.00. The Hall–Kier alpha value is -1.45. The minimum absolute atomic E-state index is 0.137. The molecule has 0 fully saturated rings. The molecule has 4 heteroatoms. The molecule has 0 spiro atoms. The predicted octanol–water partition coefficient (Wildman–Crippen LogP) is 0.00947. The zero-order chi connectivity index (χ0) is 6.85. The smallest absolute Gasteiger partial charge is 0.143 e. The van der Waals surface area contributed by atoms with E-state index in [0.29, 0.717) is 5.69 Å². The topological polar surface area (TPSA) is 75.0 Å². The maximum absolute atomic E-state index is 8.82. The van der Waals surface area contributed by atoms with Gasteiger partial charge in [-0.15, -0.1) is 0 Å². The van der Waals surface area contributed by atoms with Crippen LogP contribution in [-0.4, -0.2) is 15.8 Å². The normalized spacial score (nSPS) is 9.33. The second-order valence-corrected chi connectivity index (χ2v) is 1.65. The van der Waals surface area contributed by atoms with Gasteiger partial charge in [-0.2, -0.15) is 4.73 Å². The number of nitrogen functional groups attached to an aromatic ring is 1. The van der Waals surface area contributed by atoms with Gasteiger partial charge >= 0.3 is 0 Å². The Labute approximate surface area is 52.0 Å². The number of hydrogen-bond acceptors (Lipinski definition) is 2. The van der Waals surface area contributed by atoms with Gasteiger partial charge in [-0.05, 0) is 12.1 Å². The van der Waals surface area contributed by atoms with Crippen LogP contribution in [0.25, 0.3) is 0 Å². The molecule has 48 valence electrons. The quantitative estimate of drug-likeness (QED) is 0.281. The van der Waals surface area contributed by atoms with Gasteiger partial charge in [0.15, 0.2) is 0 Å². The highest BCUT2D eigenvalue weighted by Crippen LogP contribution is 1.95.